The van der Waals surface area contributed by atoms with E-state index in [1.165, 1.54) is 4.31 Å². The lowest BCUT2D eigenvalue weighted by Gasteiger charge is -2.40. The van der Waals surface area contributed by atoms with Crippen molar-refractivity contribution < 1.29 is 13.2 Å². The van der Waals surface area contributed by atoms with Gasteiger partial charge in [0.15, 0.2) is 0 Å². The number of fused-ring (bicyclic) bond motifs is 1. The number of rotatable bonds is 6. The monoisotopic (exact) mass is 470 g/mol. The van der Waals surface area contributed by atoms with Crippen LogP contribution in [0, 0.1) is 0 Å². The van der Waals surface area contributed by atoms with Crippen LogP contribution in [0.5, 0.6) is 0 Å². The Bertz CT molecular complexity index is 1410. The van der Waals surface area contributed by atoms with Gasteiger partial charge >= 0.3 is 0 Å². The molecule has 5 rings (SSSR count). The quantitative estimate of drug-likeness (QED) is 0.356. The SMILES string of the molecule is CCO[C@@H]1C[C@H](c2ccccc2)C=C(c2ccccc2)N1S(=O)(=O)c1cccc2cccnc12. The van der Waals surface area contributed by atoms with Crippen molar-refractivity contribution in [2.24, 2.45) is 0 Å². The highest BCUT2D eigenvalue weighted by atomic mass is 32.2. The van der Waals surface area contributed by atoms with Crippen LogP contribution in [0.2, 0.25) is 0 Å². The standard InChI is InChI=1S/C28H26N2O3S/c1-2-33-27-20-24(21-11-5-3-6-12-21)19-25(22-13-7-4-8-14-22)30(27)34(31,32)26-17-9-15-23-16-10-18-29-28(23)26/h3-19,24,27H,2,20H2,1H3/t24-,27-/m1/s1. The van der Waals surface area contributed by atoms with Crippen molar-refractivity contribution in [1.29, 1.82) is 0 Å². The summed E-state index contributed by atoms with van der Waals surface area (Å²) in [7, 11) is -3.99. The molecule has 0 saturated heterocycles. The predicted molar refractivity (Wildman–Crippen MR) is 134 cm³/mol. The van der Waals surface area contributed by atoms with Gasteiger partial charge in [-0.25, -0.2) is 12.7 Å². The highest BCUT2D eigenvalue weighted by molar-refractivity contribution is 7.89. The zero-order chi connectivity index (χ0) is 23.5. The molecular formula is C28H26N2O3S. The summed E-state index contributed by atoms with van der Waals surface area (Å²) in [6.07, 6.45) is 3.54. The van der Waals surface area contributed by atoms with Gasteiger partial charge in [-0.15, -0.1) is 0 Å². The summed E-state index contributed by atoms with van der Waals surface area (Å²) in [5.41, 5.74) is 3.03. The van der Waals surface area contributed by atoms with Crippen LogP contribution in [0.25, 0.3) is 16.6 Å². The molecule has 0 saturated carbocycles. The summed E-state index contributed by atoms with van der Waals surface area (Å²) >= 11 is 0. The molecule has 0 aliphatic carbocycles. The van der Waals surface area contributed by atoms with Gasteiger partial charge < -0.3 is 4.74 Å². The van der Waals surface area contributed by atoms with Crippen LogP contribution in [0.3, 0.4) is 0 Å². The lowest BCUT2D eigenvalue weighted by Crippen LogP contribution is -2.44. The van der Waals surface area contributed by atoms with E-state index in [0.717, 1.165) is 16.5 Å². The van der Waals surface area contributed by atoms with Crippen molar-refractivity contribution in [2.45, 2.75) is 30.4 Å². The minimum atomic E-state index is -3.99. The summed E-state index contributed by atoms with van der Waals surface area (Å²) in [4.78, 5) is 4.58. The van der Waals surface area contributed by atoms with Gasteiger partial charge in [-0.3, -0.25) is 4.98 Å². The molecule has 1 aliphatic heterocycles. The Balaban J connectivity index is 1.72. The van der Waals surface area contributed by atoms with E-state index in [0.29, 0.717) is 24.2 Å². The van der Waals surface area contributed by atoms with E-state index >= 15 is 0 Å². The number of sulfonamides is 1. The molecule has 1 aromatic heterocycles. The highest BCUT2D eigenvalue weighted by Crippen LogP contribution is 2.41. The van der Waals surface area contributed by atoms with Gasteiger partial charge in [0.2, 0.25) is 0 Å². The lowest BCUT2D eigenvalue weighted by molar-refractivity contribution is -0.00293. The molecule has 0 N–H and O–H groups in total. The van der Waals surface area contributed by atoms with Gasteiger partial charge in [0.25, 0.3) is 10.0 Å². The average molecular weight is 471 g/mol. The Morgan fingerprint density at radius 3 is 2.35 bits per heavy atom. The zero-order valence-electron chi connectivity index (χ0n) is 18.9. The fraction of sp³-hybridized carbons (Fsp3) is 0.179. The number of aromatic nitrogens is 1. The molecule has 2 heterocycles. The fourth-order valence-electron chi connectivity index (χ4n) is 4.57. The predicted octanol–water partition coefficient (Wildman–Crippen LogP) is 5.82. The van der Waals surface area contributed by atoms with E-state index in [2.05, 4.69) is 23.2 Å². The summed E-state index contributed by atoms with van der Waals surface area (Å²) in [5, 5.41) is 0.779. The van der Waals surface area contributed by atoms with E-state index in [-0.39, 0.29) is 10.8 Å². The Kier molecular flexibility index (Phi) is 6.18. The van der Waals surface area contributed by atoms with Crippen LogP contribution in [0.4, 0.5) is 0 Å². The molecule has 5 nitrogen and oxygen atoms in total. The summed E-state index contributed by atoms with van der Waals surface area (Å²) < 4.78 is 36.1. The molecular weight excluding hydrogens is 444 g/mol. The lowest BCUT2D eigenvalue weighted by atomic mass is 9.90. The first kappa shape index (κ1) is 22.3. The Hall–Kier alpha value is -3.48. The van der Waals surface area contributed by atoms with Gasteiger partial charge in [0, 0.05) is 30.5 Å². The molecule has 0 radical (unpaired) electrons. The third-order valence-corrected chi connectivity index (χ3v) is 7.94. The molecule has 0 fully saturated rings. The molecule has 34 heavy (non-hydrogen) atoms. The maximum absolute atomic E-state index is 14.3. The van der Waals surface area contributed by atoms with Crippen LogP contribution in [-0.2, 0) is 14.8 Å². The topological polar surface area (TPSA) is 59.5 Å². The molecule has 0 unspecified atom stereocenters. The van der Waals surface area contributed by atoms with Gasteiger partial charge in [0.1, 0.15) is 11.1 Å². The Morgan fingerprint density at radius 1 is 0.912 bits per heavy atom. The van der Waals surface area contributed by atoms with Gasteiger partial charge in [-0.05, 0) is 30.2 Å². The summed E-state index contributed by atoms with van der Waals surface area (Å²) in [6, 6.07) is 28.7. The second-order valence-electron chi connectivity index (χ2n) is 8.21. The van der Waals surface area contributed by atoms with Crippen molar-refractivity contribution >= 4 is 26.6 Å². The van der Waals surface area contributed by atoms with Crippen molar-refractivity contribution in [3.05, 3.63) is 114 Å². The fourth-order valence-corrected chi connectivity index (χ4v) is 6.33. The average Bonchev–Trinajstić information content (AvgIpc) is 2.89. The molecule has 0 bridgehead atoms. The Labute approximate surface area is 200 Å². The van der Waals surface area contributed by atoms with E-state index in [1.807, 2.05) is 73.7 Å². The van der Waals surface area contributed by atoms with Crippen molar-refractivity contribution in [1.82, 2.24) is 9.29 Å². The van der Waals surface area contributed by atoms with Crippen LogP contribution < -0.4 is 0 Å². The first-order chi connectivity index (χ1) is 16.6. The number of para-hydroxylation sites is 1. The molecule has 6 heteroatoms. The largest absolute Gasteiger partial charge is 0.358 e. The van der Waals surface area contributed by atoms with Crippen molar-refractivity contribution in [3.63, 3.8) is 0 Å². The summed E-state index contributed by atoms with van der Waals surface area (Å²) in [5.74, 6) is 0.0186. The minimum absolute atomic E-state index is 0.0186. The highest BCUT2D eigenvalue weighted by Gasteiger charge is 2.40. The zero-order valence-corrected chi connectivity index (χ0v) is 19.7. The summed E-state index contributed by atoms with van der Waals surface area (Å²) in [6.45, 7) is 2.29. The number of nitrogens with zero attached hydrogens (tertiary/aromatic N) is 2. The molecule has 2 atom stereocenters. The van der Waals surface area contributed by atoms with Gasteiger partial charge in [-0.2, -0.15) is 0 Å². The third kappa shape index (κ3) is 4.11. The van der Waals surface area contributed by atoms with E-state index in [1.54, 1.807) is 18.3 Å². The number of hydrogen-bond donors (Lipinski definition) is 0. The van der Waals surface area contributed by atoms with E-state index in [4.69, 9.17) is 4.74 Å². The van der Waals surface area contributed by atoms with Gasteiger partial charge in [-0.1, -0.05) is 84.9 Å². The molecule has 4 aromatic rings. The number of ether oxygens (including phenoxy) is 1. The molecule has 0 spiro atoms. The van der Waals surface area contributed by atoms with E-state index < -0.39 is 16.3 Å². The molecule has 172 valence electrons. The second-order valence-corrected chi connectivity index (χ2v) is 10.00. The molecule has 0 amide bonds. The van der Waals surface area contributed by atoms with Crippen LogP contribution in [0.15, 0.2) is 108 Å². The van der Waals surface area contributed by atoms with Crippen LogP contribution in [0.1, 0.15) is 30.4 Å². The van der Waals surface area contributed by atoms with Gasteiger partial charge in [0.05, 0.1) is 11.2 Å². The van der Waals surface area contributed by atoms with Crippen molar-refractivity contribution in [2.75, 3.05) is 6.61 Å². The first-order valence-electron chi connectivity index (χ1n) is 11.4. The van der Waals surface area contributed by atoms with E-state index in [9.17, 15) is 8.42 Å². The molecule has 3 aromatic carbocycles. The van der Waals surface area contributed by atoms with Crippen molar-refractivity contribution in [3.8, 4) is 0 Å². The Morgan fingerprint density at radius 2 is 1.62 bits per heavy atom. The van der Waals surface area contributed by atoms with Crippen LogP contribution >= 0.6 is 0 Å². The molecule has 1 aliphatic rings. The number of benzene rings is 3. The first-order valence-corrected chi connectivity index (χ1v) is 12.9. The third-order valence-electron chi connectivity index (χ3n) is 6.10. The van der Waals surface area contributed by atoms with Crippen LogP contribution in [-0.4, -0.2) is 30.5 Å². The maximum atomic E-state index is 14.3. The number of allylic oxidation sites excluding steroid dienone is 1. The smallest absolute Gasteiger partial charge is 0.268 e. The normalized spacial score (nSPS) is 18.6. The number of hydrogen-bond acceptors (Lipinski definition) is 4. The second kappa shape index (κ2) is 9.41. The minimum Gasteiger partial charge on any atom is -0.358 e. The maximum Gasteiger partial charge on any atom is 0.268 e. The number of pyridine rings is 1.